The summed E-state index contributed by atoms with van der Waals surface area (Å²) in [5, 5.41) is 15.7. The van der Waals surface area contributed by atoms with Crippen molar-refractivity contribution in [2.24, 2.45) is 5.73 Å². The summed E-state index contributed by atoms with van der Waals surface area (Å²) < 4.78 is 6.66. The number of anilines is 1. The standard InChI is InChI=1S/C16H16N4O5/c17-14(21)10-7-8-20(19-10)11-4-2-1-3-9(11)18-15(22)12-5-6-13(25-12)16(23)24/h1-4,7-8,12-13H,5-6H2,(H2,17,21)(H,18,22)(H,23,24)/t12-,13+/m0/s1. The monoisotopic (exact) mass is 344 g/mol. The highest BCUT2D eigenvalue weighted by molar-refractivity contribution is 5.96. The molecule has 9 heteroatoms. The van der Waals surface area contributed by atoms with Crippen molar-refractivity contribution in [2.45, 2.75) is 25.0 Å². The molecule has 2 atom stereocenters. The van der Waals surface area contributed by atoms with E-state index in [1.54, 1.807) is 30.5 Å². The van der Waals surface area contributed by atoms with Crippen LogP contribution in [-0.4, -0.2) is 44.9 Å². The van der Waals surface area contributed by atoms with E-state index in [0.717, 1.165) is 0 Å². The molecule has 0 bridgehead atoms. The third-order valence-electron chi connectivity index (χ3n) is 3.84. The molecule has 2 amide bonds. The largest absolute Gasteiger partial charge is 0.479 e. The maximum atomic E-state index is 12.3. The van der Waals surface area contributed by atoms with Gasteiger partial charge in [0.25, 0.3) is 11.8 Å². The maximum absolute atomic E-state index is 12.3. The number of nitrogens with one attached hydrogen (secondary N) is 1. The normalized spacial score (nSPS) is 19.5. The molecule has 0 saturated carbocycles. The quantitative estimate of drug-likeness (QED) is 0.724. The number of ether oxygens (including phenoxy) is 1. The van der Waals surface area contributed by atoms with E-state index < -0.39 is 30.0 Å². The maximum Gasteiger partial charge on any atom is 0.332 e. The Labute approximate surface area is 142 Å². The molecule has 1 aliphatic heterocycles. The van der Waals surface area contributed by atoms with Crippen molar-refractivity contribution in [3.8, 4) is 5.69 Å². The average Bonchev–Trinajstić information content (AvgIpc) is 3.25. The molecule has 130 valence electrons. The highest BCUT2D eigenvalue weighted by Gasteiger charge is 2.34. The first-order valence-electron chi connectivity index (χ1n) is 7.59. The van der Waals surface area contributed by atoms with E-state index in [1.807, 2.05) is 0 Å². The van der Waals surface area contributed by atoms with Crippen LogP contribution in [0.25, 0.3) is 5.69 Å². The zero-order chi connectivity index (χ0) is 18.0. The van der Waals surface area contributed by atoms with Crippen LogP contribution in [0.1, 0.15) is 23.3 Å². The van der Waals surface area contributed by atoms with Crippen molar-refractivity contribution in [3.05, 3.63) is 42.2 Å². The molecule has 2 aromatic rings. The van der Waals surface area contributed by atoms with E-state index in [-0.39, 0.29) is 12.1 Å². The number of benzene rings is 1. The highest BCUT2D eigenvalue weighted by Crippen LogP contribution is 2.24. The number of para-hydroxylation sites is 2. The zero-order valence-electron chi connectivity index (χ0n) is 13.1. The van der Waals surface area contributed by atoms with Gasteiger partial charge in [-0.15, -0.1) is 0 Å². The number of primary amides is 1. The summed E-state index contributed by atoms with van der Waals surface area (Å²) in [4.78, 5) is 34.4. The smallest absolute Gasteiger partial charge is 0.332 e. The van der Waals surface area contributed by atoms with Crippen LogP contribution in [0.5, 0.6) is 0 Å². The van der Waals surface area contributed by atoms with Crippen LogP contribution >= 0.6 is 0 Å². The van der Waals surface area contributed by atoms with Gasteiger partial charge in [-0.3, -0.25) is 9.59 Å². The molecule has 9 nitrogen and oxygen atoms in total. The van der Waals surface area contributed by atoms with E-state index in [9.17, 15) is 14.4 Å². The first-order valence-corrected chi connectivity index (χ1v) is 7.59. The summed E-state index contributed by atoms with van der Waals surface area (Å²) in [5.41, 5.74) is 6.29. The predicted molar refractivity (Wildman–Crippen MR) is 86.2 cm³/mol. The molecule has 2 heterocycles. The van der Waals surface area contributed by atoms with Gasteiger partial charge in [-0.2, -0.15) is 5.10 Å². The molecule has 4 N–H and O–H groups in total. The van der Waals surface area contributed by atoms with Gasteiger partial charge in [0.05, 0.1) is 11.4 Å². The molecule has 25 heavy (non-hydrogen) atoms. The molecule has 1 aromatic heterocycles. The molecule has 1 saturated heterocycles. The zero-order valence-corrected chi connectivity index (χ0v) is 13.1. The van der Waals surface area contributed by atoms with Gasteiger partial charge < -0.3 is 20.9 Å². The third kappa shape index (κ3) is 3.50. The van der Waals surface area contributed by atoms with Crippen molar-refractivity contribution in [3.63, 3.8) is 0 Å². The Hall–Kier alpha value is -3.20. The van der Waals surface area contributed by atoms with Gasteiger partial charge in [0.15, 0.2) is 6.10 Å². The lowest BCUT2D eigenvalue weighted by Gasteiger charge is -2.14. The summed E-state index contributed by atoms with van der Waals surface area (Å²) in [6, 6.07) is 8.33. The second-order valence-corrected chi connectivity index (χ2v) is 5.55. The lowest BCUT2D eigenvalue weighted by atomic mass is 10.2. The van der Waals surface area contributed by atoms with E-state index in [1.165, 1.54) is 10.7 Å². The van der Waals surface area contributed by atoms with Gasteiger partial charge >= 0.3 is 5.97 Å². The molecule has 0 spiro atoms. The molecule has 0 unspecified atom stereocenters. The lowest BCUT2D eigenvalue weighted by Crippen LogP contribution is -2.30. The Balaban J connectivity index is 1.78. The van der Waals surface area contributed by atoms with Crippen molar-refractivity contribution in [2.75, 3.05) is 5.32 Å². The predicted octanol–water partition coefficient (Wildman–Crippen LogP) is 0.542. The van der Waals surface area contributed by atoms with Gasteiger partial charge in [-0.25, -0.2) is 9.48 Å². The first-order chi connectivity index (χ1) is 12.0. The number of hydrogen-bond acceptors (Lipinski definition) is 5. The number of carbonyl (C=O) groups is 3. The number of carbonyl (C=O) groups excluding carboxylic acids is 2. The number of aliphatic carboxylic acids is 1. The fourth-order valence-electron chi connectivity index (χ4n) is 2.59. The van der Waals surface area contributed by atoms with E-state index in [2.05, 4.69) is 10.4 Å². The molecule has 1 aliphatic rings. The minimum absolute atomic E-state index is 0.101. The van der Waals surface area contributed by atoms with Gasteiger partial charge in [0.2, 0.25) is 0 Å². The third-order valence-corrected chi connectivity index (χ3v) is 3.84. The molecule has 1 fully saturated rings. The number of carboxylic acids is 1. The van der Waals surface area contributed by atoms with Crippen LogP contribution in [0.2, 0.25) is 0 Å². The number of rotatable bonds is 5. The molecule has 0 radical (unpaired) electrons. The fourth-order valence-corrected chi connectivity index (χ4v) is 2.59. The van der Waals surface area contributed by atoms with Crippen molar-refractivity contribution >= 4 is 23.5 Å². The van der Waals surface area contributed by atoms with Crippen LogP contribution in [-0.2, 0) is 14.3 Å². The van der Waals surface area contributed by atoms with E-state index in [4.69, 9.17) is 15.6 Å². The Morgan fingerprint density at radius 3 is 2.56 bits per heavy atom. The van der Waals surface area contributed by atoms with E-state index >= 15 is 0 Å². The first kappa shape index (κ1) is 16.7. The molecule has 0 aliphatic carbocycles. The fraction of sp³-hybridized carbons (Fsp3) is 0.250. The molecule has 3 rings (SSSR count). The minimum Gasteiger partial charge on any atom is -0.479 e. The Morgan fingerprint density at radius 2 is 1.92 bits per heavy atom. The summed E-state index contributed by atoms with van der Waals surface area (Å²) in [6.07, 6.45) is 0.384. The minimum atomic E-state index is -1.08. The van der Waals surface area contributed by atoms with Crippen LogP contribution in [0.3, 0.4) is 0 Å². The summed E-state index contributed by atoms with van der Waals surface area (Å²) in [6.45, 7) is 0. The average molecular weight is 344 g/mol. The van der Waals surface area contributed by atoms with Crippen molar-refractivity contribution in [1.82, 2.24) is 9.78 Å². The van der Waals surface area contributed by atoms with Gasteiger partial charge in [0.1, 0.15) is 11.8 Å². The number of amides is 2. The molecular formula is C16H16N4O5. The molecular weight excluding hydrogens is 328 g/mol. The van der Waals surface area contributed by atoms with Crippen molar-refractivity contribution in [1.29, 1.82) is 0 Å². The Bertz CT molecular complexity index is 831. The van der Waals surface area contributed by atoms with Gasteiger partial charge in [0, 0.05) is 6.20 Å². The summed E-state index contributed by atoms with van der Waals surface area (Å²) in [5.74, 6) is -2.16. The SMILES string of the molecule is NC(=O)c1ccn(-c2ccccc2NC(=O)[C@@H]2CC[C@H](C(=O)O)O2)n1. The van der Waals surface area contributed by atoms with Gasteiger partial charge in [-0.05, 0) is 31.0 Å². The number of aromatic nitrogens is 2. The number of carboxylic acid groups (broad SMARTS) is 1. The summed E-state index contributed by atoms with van der Waals surface area (Å²) >= 11 is 0. The number of nitrogens with zero attached hydrogens (tertiary/aromatic N) is 2. The topological polar surface area (TPSA) is 137 Å². The lowest BCUT2D eigenvalue weighted by molar-refractivity contribution is -0.150. The second kappa shape index (κ2) is 6.73. The van der Waals surface area contributed by atoms with Crippen LogP contribution in [0.4, 0.5) is 5.69 Å². The second-order valence-electron chi connectivity index (χ2n) is 5.55. The highest BCUT2D eigenvalue weighted by atomic mass is 16.5. The summed E-state index contributed by atoms with van der Waals surface area (Å²) in [7, 11) is 0. The van der Waals surface area contributed by atoms with Crippen LogP contribution < -0.4 is 11.1 Å². The Morgan fingerprint density at radius 1 is 1.20 bits per heavy atom. The van der Waals surface area contributed by atoms with Crippen molar-refractivity contribution < 1.29 is 24.2 Å². The van der Waals surface area contributed by atoms with Crippen LogP contribution in [0, 0.1) is 0 Å². The van der Waals surface area contributed by atoms with Gasteiger partial charge in [-0.1, -0.05) is 12.1 Å². The number of hydrogen-bond donors (Lipinski definition) is 3. The van der Waals surface area contributed by atoms with E-state index in [0.29, 0.717) is 17.8 Å². The molecule has 1 aromatic carbocycles. The van der Waals surface area contributed by atoms with Crippen LogP contribution in [0.15, 0.2) is 36.5 Å². The number of nitrogens with two attached hydrogens (primary N) is 1. The Kier molecular flexibility index (Phi) is 4.48.